The number of nitrogens with one attached hydrogen (secondary N) is 1. The highest BCUT2D eigenvalue weighted by Gasteiger charge is 2.10. The summed E-state index contributed by atoms with van der Waals surface area (Å²) in [6.45, 7) is 0.263. The van der Waals surface area contributed by atoms with Crippen LogP contribution in [0.4, 0.5) is 21.5 Å². The smallest absolute Gasteiger partial charge is 0.274 e. The molecule has 0 aromatic heterocycles. The van der Waals surface area contributed by atoms with Crippen molar-refractivity contribution in [3.05, 3.63) is 74.1 Å². The minimum atomic E-state index is -0.713. The lowest BCUT2D eigenvalue weighted by molar-refractivity contribution is -0.385. The quantitative estimate of drug-likeness (QED) is 0.673. The number of nitrogens with zero attached hydrogens (tertiary/aromatic N) is 2. The van der Waals surface area contributed by atoms with Gasteiger partial charge in [-0.25, -0.2) is 4.39 Å². The first-order valence-electron chi connectivity index (χ1n) is 5.88. The molecule has 108 valence electrons. The number of nitro benzene ring substituents is 2. The molecule has 0 aliphatic rings. The van der Waals surface area contributed by atoms with Crippen LogP contribution in [0.1, 0.15) is 5.56 Å². The van der Waals surface area contributed by atoms with E-state index in [1.54, 1.807) is 12.1 Å². The molecule has 0 heterocycles. The van der Waals surface area contributed by atoms with E-state index in [-0.39, 0.29) is 23.6 Å². The highest BCUT2D eigenvalue weighted by Crippen LogP contribution is 2.21. The molecular formula is C13H10FN3O4. The Bertz CT molecular complexity index is 688. The van der Waals surface area contributed by atoms with Crippen molar-refractivity contribution in [2.45, 2.75) is 6.54 Å². The first-order chi connectivity index (χ1) is 9.95. The van der Waals surface area contributed by atoms with Crippen LogP contribution in [0.25, 0.3) is 0 Å². The molecule has 0 amide bonds. The standard InChI is InChI=1S/C13H10FN3O4/c14-10-5-11(7-13(6-10)17(20)21)15-8-9-1-3-12(4-2-9)16(18)19/h1-7,15H,8H2. The molecule has 0 fully saturated rings. The van der Waals surface area contributed by atoms with Gasteiger partial charge in [-0.1, -0.05) is 12.1 Å². The van der Waals surface area contributed by atoms with Gasteiger partial charge in [-0.3, -0.25) is 20.2 Å². The Morgan fingerprint density at radius 3 is 2.14 bits per heavy atom. The molecule has 0 spiro atoms. The number of anilines is 1. The Balaban J connectivity index is 2.09. The maximum atomic E-state index is 13.2. The lowest BCUT2D eigenvalue weighted by Gasteiger charge is -2.06. The Morgan fingerprint density at radius 1 is 0.952 bits per heavy atom. The second-order valence-corrected chi connectivity index (χ2v) is 4.23. The van der Waals surface area contributed by atoms with E-state index in [2.05, 4.69) is 5.32 Å². The van der Waals surface area contributed by atoms with Crippen molar-refractivity contribution in [3.63, 3.8) is 0 Å². The fourth-order valence-corrected chi connectivity index (χ4v) is 1.72. The first-order valence-corrected chi connectivity index (χ1v) is 5.88. The van der Waals surface area contributed by atoms with Crippen LogP contribution < -0.4 is 5.32 Å². The van der Waals surface area contributed by atoms with E-state index < -0.39 is 15.7 Å². The van der Waals surface area contributed by atoms with E-state index in [0.717, 1.165) is 17.7 Å². The fourth-order valence-electron chi connectivity index (χ4n) is 1.72. The molecule has 1 N–H and O–H groups in total. The molecule has 0 radical (unpaired) electrons. The maximum absolute atomic E-state index is 13.2. The van der Waals surface area contributed by atoms with Crippen molar-refractivity contribution in [1.82, 2.24) is 0 Å². The summed E-state index contributed by atoms with van der Waals surface area (Å²) < 4.78 is 13.2. The van der Waals surface area contributed by atoms with Crippen LogP contribution in [0.5, 0.6) is 0 Å². The van der Waals surface area contributed by atoms with E-state index in [9.17, 15) is 24.6 Å². The second kappa shape index (κ2) is 5.95. The molecule has 0 aliphatic heterocycles. The SMILES string of the molecule is O=[N+]([O-])c1ccc(CNc2cc(F)cc([N+](=O)[O-])c2)cc1. The summed E-state index contributed by atoms with van der Waals surface area (Å²) in [6, 6.07) is 9.00. The van der Waals surface area contributed by atoms with Crippen LogP contribution in [0.15, 0.2) is 42.5 Å². The summed E-state index contributed by atoms with van der Waals surface area (Å²) in [6.07, 6.45) is 0. The van der Waals surface area contributed by atoms with Gasteiger partial charge in [0.15, 0.2) is 0 Å². The molecule has 2 rings (SSSR count). The van der Waals surface area contributed by atoms with Gasteiger partial charge in [0.2, 0.25) is 0 Å². The topological polar surface area (TPSA) is 98.3 Å². The number of hydrogen-bond donors (Lipinski definition) is 1. The number of rotatable bonds is 5. The summed E-state index contributed by atoms with van der Waals surface area (Å²) in [4.78, 5) is 20.0. The predicted octanol–water partition coefficient (Wildman–Crippen LogP) is 3.25. The van der Waals surface area contributed by atoms with Crippen molar-refractivity contribution >= 4 is 17.1 Å². The van der Waals surface area contributed by atoms with Crippen LogP contribution in [0, 0.1) is 26.0 Å². The Hall–Kier alpha value is -3.03. The largest absolute Gasteiger partial charge is 0.381 e. The van der Waals surface area contributed by atoms with Crippen molar-refractivity contribution in [1.29, 1.82) is 0 Å². The molecule has 2 aromatic rings. The summed E-state index contributed by atoms with van der Waals surface area (Å²) >= 11 is 0. The molecule has 0 saturated carbocycles. The Labute approximate surface area is 118 Å². The zero-order valence-corrected chi connectivity index (χ0v) is 10.7. The summed E-state index contributed by atoms with van der Waals surface area (Å²) in [5.74, 6) is -0.713. The van der Waals surface area contributed by atoms with Crippen LogP contribution in [0.3, 0.4) is 0 Å². The van der Waals surface area contributed by atoms with Gasteiger partial charge in [0.1, 0.15) is 5.82 Å². The van der Waals surface area contributed by atoms with E-state index >= 15 is 0 Å². The van der Waals surface area contributed by atoms with Crippen LogP contribution in [-0.4, -0.2) is 9.85 Å². The Kier molecular flexibility index (Phi) is 4.07. The molecule has 2 aromatic carbocycles. The lowest BCUT2D eigenvalue weighted by atomic mass is 10.2. The average Bonchev–Trinajstić information content (AvgIpc) is 2.45. The zero-order chi connectivity index (χ0) is 15.4. The third kappa shape index (κ3) is 3.72. The number of halogens is 1. The first kappa shape index (κ1) is 14.4. The number of non-ortho nitro benzene ring substituents is 2. The van der Waals surface area contributed by atoms with Gasteiger partial charge in [0, 0.05) is 30.4 Å². The molecule has 21 heavy (non-hydrogen) atoms. The van der Waals surface area contributed by atoms with Crippen molar-refractivity contribution < 1.29 is 14.2 Å². The summed E-state index contributed by atoms with van der Waals surface area (Å²) in [5, 5.41) is 24.0. The maximum Gasteiger partial charge on any atom is 0.274 e. The van der Waals surface area contributed by atoms with Crippen LogP contribution in [0.2, 0.25) is 0 Å². The number of benzene rings is 2. The molecule has 0 atom stereocenters. The number of nitro groups is 2. The molecule has 0 bridgehead atoms. The summed E-state index contributed by atoms with van der Waals surface area (Å²) in [7, 11) is 0. The van der Waals surface area contributed by atoms with E-state index in [1.807, 2.05) is 0 Å². The van der Waals surface area contributed by atoms with Crippen molar-refractivity contribution in [2.75, 3.05) is 5.32 Å². The number of hydrogen-bond acceptors (Lipinski definition) is 5. The van der Waals surface area contributed by atoms with Gasteiger partial charge in [-0.15, -0.1) is 0 Å². The van der Waals surface area contributed by atoms with Gasteiger partial charge in [0.25, 0.3) is 11.4 Å². The molecule has 7 nitrogen and oxygen atoms in total. The third-order valence-corrected chi connectivity index (χ3v) is 2.74. The highest BCUT2D eigenvalue weighted by atomic mass is 19.1. The van der Waals surface area contributed by atoms with E-state index in [0.29, 0.717) is 0 Å². The third-order valence-electron chi connectivity index (χ3n) is 2.74. The average molecular weight is 291 g/mol. The fraction of sp³-hybridized carbons (Fsp3) is 0.0769. The van der Waals surface area contributed by atoms with Gasteiger partial charge >= 0.3 is 0 Å². The van der Waals surface area contributed by atoms with Crippen LogP contribution >= 0.6 is 0 Å². The van der Waals surface area contributed by atoms with Crippen molar-refractivity contribution in [3.8, 4) is 0 Å². The second-order valence-electron chi connectivity index (χ2n) is 4.23. The molecule has 8 heteroatoms. The van der Waals surface area contributed by atoms with Crippen molar-refractivity contribution in [2.24, 2.45) is 0 Å². The normalized spacial score (nSPS) is 10.1. The molecular weight excluding hydrogens is 281 g/mol. The van der Waals surface area contributed by atoms with E-state index in [1.165, 1.54) is 18.2 Å². The minimum Gasteiger partial charge on any atom is -0.381 e. The molecule has 0 aliphatic carbocycles. The molecule has 0 saturated heterocycles. The van der Waals surface area contributed by atoms with Crippen LogP contribution in [-0.2, 0) is 6.54 Å². The monoisotopic (exact) mass is 291 g/mol. The minimum absolute atomic E-state index is 0.0276. The highest BCUT2D eigenvalue weighted by molar-refractivity contribution is 5.52. The lowest BCUT2D eigenvalue weighted by Crippen LogP contribution is -2.01. The molecule has 0 unspecified atom stereocenters. The predicted molar refractivity (Wildman–Crippen MR) is 73.5 cm³/mol. The van der Waals surface area contributed by atoms with Gasteiger partial charge in [-0.2, -0.15) is 0 Å². The van der Waals surface area contributed by atoms with Gasteiger partial charge in [-0.05, 0) is 11.6 Å². The summed E-state index contributed by atoms with van der Waals surface area (Å²) in [5.41, 5.74) is 0.619. The van der Waals surface area contributed by atoms with Gasteiger partial charge in [0.05, 0.1) is 15.9 Å². The Morgan fingerprint density at radius 2 is 1.57 bits per heavy atom. The zero-order valence-electron chi connectivity index (χ0n) is 10.7. The van der Waals surface area contributed by atoms with E-state index in [4.69, 9.17) is 0 Å². The van der Waals surface area contributed by atoms with Gasteiger partial charge < -0.3 is 5.32 Å².